The third-order valence-corrected chi connectivity index (χ3v) is 6.25. The van der Waals surface area contributed by atoms with Crippen molar-refractivity contribution in [3.8, 4) is 0 Å². The van der Waals surface area contributed by atoms with E-state index in [1.165, 1.54) is 30.3 Å². The molecule has 1 heterocycles. The number of nitrogens with zero attached hydrogens (tertiary/aromatic N) is 2. The summed E-state index contributed by atoms with van der Waals surface area (Å²) in [4.78, 5) is 16.4. The van der Waals surface area contributed by atoms with E-state index in [9.17, 15) is 13.2 Å². The van der Waals surface area contributed by atoms with E-state index in [-0.39, 0.29) is 28.6 Å². The number of sulfonamides is 1. The minimum atomic E-state index is -4.00. The molecule has 0 unspecified atom stereocenters. The van der Waals surface area contributed by atoms with Crippen LogP contribution in [0.4, 0.5) is 5.69 Å². The molecule has 6 nitrogen and oxygen atoms in total. The molecule has 0 N–H and O–H groups in total. The van der Waals surface area contributed by atoms with Crippen molar-refractivity contribution in [3.63, 3.8) is 0 Å². The van der Waals surface area contributed by atoms with Crippen molar-refractivity contribution in [1.82, 2.24) is 4.98 Å². The lowest BCUT2D eigenvalue weighted by Gasteiger charge is -2.24. The Morgan fingerprint density at radius 2 is 1.87 bits per heavy atom. The number of pyridine rings is 1. The molecule has 0 aliphatic heterocycles. The third kappa shape index (κ3) is 4.87. The maximum absolute atomic E-state index is 13.3. The van der Waals surface area contributed by atoms with Crippen LogP contribution in [0.5, 0.6) is 0 Å². The quantitative estimate of drug-likeness (QED) is 0.380. The molecule has 0 spiro atoms. The Kier molecular flexibility index (Phi) is 6.87. The van der Waals surface area contributed by atoms with E-state index in [2.05, 4.69) is 11.6 Å². The molecule has 154 valence electrons. The van der Waals surface area contributed by atoms with Gasteiger partial charge in [-0.3, -0.25) is 9.29 Å². The molecule has 0 aliphatic carbocycles. The van der Waals surface area contributed by atoms with Crippen LogP contribution >= 0.6 is 11.6 Å². The lowest BCUT2D eigenvalue weighted by molar-refractivity contribution is 0.0467. The van der Waals surface area contributed by atoms with E-state index >= 15 is 0 Å². The number of hydrogen-bond donors (Lipinski definition) is 0. The molecular formula is C22H19ClN2O4S. The zero-order valence-corrected chi connectivity index (χ0v) is 17.5. The Bertz CT molecular complexity index is 1150. The number of aromatic nitrogens is 1. The molecule has 2 aromatic carbocycles. The lowest BCUT2D eigenvalue weighted by Crippen LogP contribution is -2.31. The Balaban J connectivity index is 1.88. The highest BCUT2D eigenvalue weighted by Gasteiger charge is 2.26. The first kappa shape index (κ1) is 21.5. The van der Waals surface area contributed by atoms with Gasteiger partial charge in [0.25, 0.3) is 10.0 Å². The summed E-state index contributed by atoms with van der Waals surface area (Å²) in [6, 6.07) is 17.6. The number of rotatable bonds is 8. The second-order valence-corrected chi connectivity index (χ2v) is 8.47. The highest BCUT2D eigenvalue weighted by molar-refractivity contribution is 7.92. The second-order valence-electron chi connectivity index (χ2n) is 6.20. The van der Waals surface area contributed by atoms with Crippen LogP contribution in [0, 0.1) is 0 Å². The number of carbonyl (C=O) groups excluding carboxylic acids is 1. The van der Waals surface area contributed by atoms with E-state index in [1.807, 2.05) is 0 Å². The van der Waals surface area contributed by atoms with Gasteiger partial charge in [0.05, 0.1) is 33.4 Å². The summed E-state index contributed by atoms with van der Waals surface area (Å²) in [5.41, 5.74) is 1.03. The summed E-state index contributed by atoms with van der Waals surface area (Å²) >= 11 is 6.21. The average Bonchev–Trinajstić information content (AvgIpc) is 2.77. The molecular weight excluding hydrogens is 424 g/mol. The maximum Gasteiger partial charge on any atom is 0.338 e. The van der Waals surface area contributed by atoms with Crippen molar-refractivity contribution in [2.75, 3.05) is 10.8 Å². The van der Waals surface area contributed by atoms with Crippen LogP contribution in [0.3, 0.4) is 0 Å². The molecule has 0 saturated heterocycles. The number of ether oxygens (including phenoxy) is 1. The van der Waals surface area contributed by atoms with Gasteiger partial charge in [-0.05, 0) is 42.5 Å². The van der Waals surface area contributed by atoms with Crippen molar-refractivity contribution in [1.29, 1.82) is 0 Å². The van der Waals surface area contributed by atoms with E-state index in [0.29, 0.717) is 11.4 Å². The van der Waals surface area contributed by atoms with Gasteiger partial charge in [0, 0.05) is 6.20 Å². The number of anilines is 1. The number of para-hydroxylation sites is 1. The topological polar surface area (TPSA) is 76.6 Å². The van der Waals surface area contributed by atoms with E-state index in [1.54, 1.807) is 48.7 Å². The fourth-order valence-electron chi connectivity index (χ4n) is 2.71. The van der Waals surface area contributed by atoms with Gasteiger partial charge in [0.15, 0.2) is 0 Å². The minimum Gasteiger partial charge on any atom is -0.456 e. The van der Waals surface area contributed by atoms with Gasteiger partial charge in [0.1, 0.15) is 6.61 Å². The monoisotopic (exact) mass is 442 g/mol. The fourth-order valence-corrected chi connectivity index (χ4v) is 4.50. The number of halogens is 1. The molecule has 1 aromatic heterocycles. The number of esters is 1. The van der Waals surface area contributed by atoms with Crippen LogP contribution in [0.1, 0.15) is 16.1 Å². The van der Waals surface area contributed by atoms with Crippen LogP contribution in [0.25, 0.3) is 0 Å². The van der Waals surface area contributed by atoms with Gasteiger partial charge >= 0.3 is 5.97 Å². The molecule has 0 fully saturated rings. The summed E-state index contributed by atoms with van der Waals surface area (Å²) in [6.07, 6.45) is 3.06. The highest BCUT2D eigenvalue weighted by Crippen LogP contribution is 2.30. The third-order valence-electron chi connectivity index (χ3n) is 4.15. The predicted molar refractivity (Wildman–Crippen MR) is 116 cm³/mol. The first-order chi connectivity index (χ1) is 14.4. The predicted octanol–water partition coefficient (Wildman–Crippen LogP) is 4.47. The van der Waals surface area contributed by atoms with E-state index in [0.717, 1.165) is 4.31 Å². The molecule has 0 amide bonds. The van der Waals surface area contributed by atoms with Gasteiger partial charge in [0.2, 0.25) is 0 Å². The largest absolute Gasteiger partial charge is 0.456 e. The Labute approximate surface area is 180 Å². The number of hydrogen-bond acceptors (Lipinski definition) is 5. The summed E-state index contributed by atoms with van der Waals surface area (Å²) in [5.74, 6) is -0.647. The lowest BCUT2D eigenvalue weighted by atomic mass is 10.2. The minimum absolute atomic E-state index is 0.0143. The van der Waals surface area contributed by atoms with Crippen molar-refractivity contribution in [2.24, 2.45) is 0 Å². The van der Waals surface area contributed by atoms with Crippen LogP contribution < -0.4 is 4.31 Å². The van der Waals surface area contributed by atoms with Gasteiger partial charge < -0.3 is 4.74 Å². The van der Waals surface area contributed by atoms with Crippen LogP contribution in [-0.4, -0.2) is 25.9 Å². The average molecular weight is 443 g/mol. The second kappa shape index (κ2) is 9.56. The molecule has 3 rings (SSSR count). The summed E-state index contributed by atoms with van der Waals surface area (Å²) in [5, 5.41) is 0.286. The van der Waals surface area contributed by atoms with Gasteiger partial charge in [-0.25, -0.2) is 13.2 Å². The normalized spacial score (nSPS) is 11.0. The van der Waals surface area contributed by atoms with Crippen LogP contribution in [0.2, 0.25) is 5.02 Å². The van der Waals surface area contributed by atoms with Gasteiger partial charge in [-0.2, -0.15) is 0 Å². The summed E-state index contributed by atoms with van der Waals surface area (Å²) in [7, 11) is -4.00. The van der Waals surface area contributed by atoms with Crippen molar-refractivity contribution < 1.29 is 17.9 Å². The molecule has 0 bridgehead atoms. The molecule has 0 saturated carbocycles. The Morgan fingerprint density at radius 3 is 2.57 bits per heavy atom. The molecule has 0 aliphatic rings. The van der Waals surface area contributed by atoms with Gasteiger partial charge in [-0.15, -0.1) is 6.58 Å². The molecule has 30 heavy (non-hydrogen) atoms. The molecule has 8 heteroatoms. The van der Waals surface area contributed by atoms with Crippen molar-refractivity contribution in [2.45, 2.75) is 11.5 Å². The smallest absolute Gasteiger partial charge is 0.338 e. The standard InChI is InChI=1S/C22H19ClN2O4S/c1-2-14-25(21-12-4-3-11-20(21)23)30(27,28)19-10-7-8-17(15-19)22(26)29-16-18-9-5-6-13-24-18/h2-13,15H,1,14,16H2. The van der Waals surface area contributed by atoms with E-state index < -0.39 is 16.0 Å². The zero-order chi connectivity index (χ0) is 21.6. The zero-order valence-electron chi connectivity index (χ0n) is 15.9. The van der Waals surface area contributed by atoms with Crippen LogP contribution in [-0.2, 0) is 21.4 Å². The fraction of sp³-hybridized carbons (Fsp3) is 0.0909. The SMILES string of the molecule is C=CCN(c1ccccc1Cl)S(=O)(=O)c1cccc(C(=O)OCc2ccccn2)c1. The molecule has 0 atom stereocenters. The molecule has 3 aromatic rings. The maximum atomic E-state index is 13.3. The first-order valence-corrected chi connectivity index (χ1v) is 10.8. The number of benzene rings is 2. The Morgan fingerprint density at radius 1 is 1.10 bits per heavy atom. The van der Waals surface area contributed by atoms with Crippen molar-refractivity contribution in [3.05, 3.63) is 102 Å². The van der Waals surface area contributed by atoms with Crippen LogP contribution in [0.15, 0.2) is 90.5 Å². The Hall–Kier alpha value is -3.16. The molecule has 0 radical (unpaired) electrons. The summed E-state index contributed by atoms with van der Waals surface area (Å²) < 4.78 is 33.0. The first-order valence-electron chi connectivity index (χ1n) is 8.99. The van der Waals surface area contributed by atoms with Crippen molar-refractivity contribution >= 4 is 33.3 Å². The highest BCUT2D eigenvalue weighted by atomic mass is 35.5. The number of carbonyl (C=O) groups is 1. The van der Waals surface area contributed by atoms with Gasteiger partial charge in [-0.1, -0.05) is 41.9 Å². The van der Waals surface area contributed by atoms with E-state index in [4.69, 9.17) is 16.3 Å². The summed E-state index contributed by atoms with van der Waals surface area (Å²) in [6.45, 7) is 3.63.